The summed E-state index contributed by atoms with van der Waals surface area (Å²) < 4.78 is 38.8. The average Bonchev–Trinajstić information content (AvgIpc) is 3.18. The number of ether oxygens (including phenoxy) is 2. The maximum atomic E-state index is 12.5. The fourth-order valence-corrected chi connectivity index (χ4v) is 4.82. The maximum absolute atomic E-state index is 12.5. The molecule has 1 heterocycles. The summed E-state index contributed by atoms with van der Waals surface area (Å²) in [4.78, 5) is 10.8. The van der Waals surface area contributed by atoms with E-state index in [1.807, 2.05) is 0 Å². The minimum atomic E-state index is -3.86. The van der Waals surface area contributed by atoms with Gasteiger partial charge in [-0.15, -0.1) is 0 Å². The lowest BCUT2D eigenvalue weighted by molar-refractivity contribution is -0.384. The van der Waals surface area contributed by atoms with Crippen LogP contribution >= 0.6 is 0 Å². The van der Waals surface area contributed by atoms with Gasteiger partial charge in [0.15, 0.2) is 6.29 Å². The molecule has 2 rings (SSSR count). The molecule has 0 aliphatic carbocycles. The molecular weight excluding hydrogens is 410 g/mol. The average molecular weight is 444 g/mol. The van der Waals surface area contributed by atoms with Crippen molar-refractivity contribution in [2.24, 2.45) is 5.41 Å². The van der Waals surface area contributed by atoms with Gasteiger partial charge in [-0.2, -0.15) is 0 Å². The molecule has 0 saturated carbocycles. The lowest BCUT2D eigenvalue weighted by Gasteiger charge is -2.33. The molecule has 1 saturated heterocycles. The van der Waals surface area contributed by atoms with Crippen LogP contribution in [-0.4, -0.2) is 44.9 Å². The largest absolute Gasteiger partial charge is 0.379 e. The van der Waals surface area contributed by atoms with E-state index in [1.54, 1.807) is 20.8 Å². The van der Waals surface area contributed by atoms with Crippen LogP contribution in [0, 0.1) is 15.5 Å². The van der Waals surface area contributed by atoms with Crippen molar-refractivity contribution >= 4 is 21.4 Å². The van der Waals surface area contributed by atoms with Crippen molar-refractivity contribution in [2.75, 3.05) is 25.1 Å². The van der Waals surface area contributed by atoms with E-state index in [0.717, 1.165) is 25.3 Å². The predicted molar refractivity (Wildman–Crippen MR) is 115 cm³/mol. The van der Waals surface area contributed by atoms with Crippen molar-refractivity contribution in [3.8, 4) is 0 Å². The Morgan fingerprint density at radius 2 is 1.83 bits per heavy atom. The maximum Gasteiger partial charge on any atom is 0.293 e. The number of hydrogen-bond donors (Lipinski definition) is 2. The molecular formula is C20H33N3O6S. The Bertz CT molecular complexity index is 847. The highest BCUT2D eigenvalue weighted by Crippen LogP contribution is 2.36. The molecule has 0 amide bonds. The Labute approximate surface area is 178 Å². The second kappa shape index (κ2) is 9.59. The van der Waals surface area contributed by atoms with Crippen LogP contribution in [0.3, 0.4) is 0 Å². The topological polar surface area (TPSA) is 120 Å². The van der Waals surface area contributed by atoms with Crippen molar-refractivity contribution in [3.63, 3.8) is 0 Å². The van der Waals surface area contributed by atoms with Crippen LogP contribution < -0.4 is 10.0 Å². The Balaban J connectivity index is 2.06. The quantitative estimate of drug-likeness (QED) is 0.322. The number of sulfonamides is 1. The number of nitrogens with zero attached hydrogens (tertiary/aromatic N) is 1. The van der Waals surface area contributed by atoms with Crippen molar-refractivity contribution < 1.29 is 22.8 Å². The minimum Gasteiger partial charge on any atom is -0.379 e. The normalized spacial score (nSPS) is 17.6. The van der Waals surface area contributed by atoms with Crippen LogP contribution in [0.25, 0.3) is 0 Å². The monoisotopic (exact) mass is 443 g/mol. The predicted octanol–water partition coefficient (Wildman–Crippen LogP) is 3.65. The second-order valence-corrected chi connectivity index (χ2v) is 10.6. The number of nitro groups is 1. The Morgan fingerprint density at radius 3 is 2.37 bits per heavy atom. The summed E-state index contributed by atoms with van der Waals surface area (Å²) in [6, 6.07) is 3.91. The summed E-state index contributed by atoms with van der Waals surface area (Å²) in [5, 5.41) is 14.6. The lowest BCUT2D eigenvalue weighted by Crippen LogP contribution is -2.40. The summed E-state index contributed by atoms with van der Waals surface area (Å²) in [6.45, 7) is 11.0. The lowest BCUT2D eigenvalue weighted by atomic mass is 9.82. The van der Waals surface area contributed by atoms with Gasteiger partial charge in [-0.1, -0.05) is 13.8 Å². The zero-order valence-corrected chi connectivity index (χ0v) is 19.2. The van der Waals surface area contributed by atoms with Crippen molar-refractivity contribution in [1.82, 2.24) is 4.72 Å². The SMILES string of the molecule is CCC(C)(CCCNc1ccc(S(=O)(=O)NC(C)(C)C)cc1[N+](=O)[O-])C1OCCO1. The Kier molecular flexibility index (Phi) is 7.84. The third-order valence-electron chi connectivity index (χ3n) is 5.16. The number of nitro benzene ring substituents is 1. The van der Waals surface area contributed by atoms with E-state index in [-0.39, 0.29) is 22.3 Å². The van der Waals surface area contributed by atoms with E-state index < -0.39 is 20.5 Å². The summed E-state index contributed by atoms with van der Waals surface area (Å²) in [5.41, 5.74) is -0.794. The zero-order chi connectivity index (χ0) is 22.6. The van der Waals surface area contributed by atoms with Gasteiger partial charge in [0.05, 0.1) is 23.0 Å². The third kappa shape index (κ3) is 6.37. The molecule has 1 aliphatic heterocycles. The third-order valence-corrected chi connectivity index (χ3v) is 6.91. The van der Waals surface area contributed by atoms with Gasteiger partial charge < -0.3 is 14.8 Å². The highest BCUT2D eigenvalue weighted by Gasteiger charge is 2.36. The molecule has 1 fully saturated rings. The number of hydrogen-bond acceptors (Lipinski definition) is 7. The van der Waals surface area contributed by atoms with E-state index in [9.17, 15) is 18.5 Å². The van der Waals surface area contributed by atoms with Crippen molar-refractivity contribution in [1.29, 1.82) is 0 Å². The van der Waals surface area contributed by atoms with Gasteiger partial charge in [0, 0.05) is 23.6 Å². The number of anilines is 1. The smallest absolute Gasteiger partial charge is 0.293 e. The van der Waals surface area contributed by atoms with Gasteiger partial charge in [0.25, 0.3) is 5.69 Å². The first-order chi connectivity index (χ1) is 13.9. The van der Waals surface area contributed by atoms with Crippen LogP contribution in [0.4, 0.5) is 11.4 Å². The van der Waals surface area contributed by atoms with Crippen LogP contribution in [0.15, 0.2) is 23.1 Å². The summed E-state index contributed by atoms with van der Waals surface area (Å²) in [6.07, 6.45) is 2.26. The number of nitrogens with one attached hydrogen (secondary N) is 2. The van der Waals surface area contributed by atoms with Gasteiger partial charge in [-0.05, 0) is 52.2 Å². The van der Waals surface area contributed by atoms with Gasteiger partial charge in [0.2, 0.25) is 10.0 Å². The van der Waals surface area contributed by atoms with E-state index in [1.165, 1.54) is 12.1 Å². The molecule has 0 radical (unpaired) electrons. The van der Waals surface area contributed by atoms with Crippen molar-refractivity contribution in [3.05, 3.63) is 28.3 Å². The van der Waals surface area contributed by atoms with Gasteiger partial charge in [-0.25, -0.2) is 13.1 Å². The fraction of sp³-hybridized carbons (Fsp3) is 0.700. The van der Waals surface area contributed by atoms with Crippen LogP contribution in [0.5, 0.6) is 0 Å². The first kappa shape index (κ1) is 24.5. The highest BCUT2D eigenvalue weighted by molar-refractivity contribution is 7.89. The minimum absolute atomic E-state index is 0.124. The van der Waals surface area contributed by atoms with E-state index in [4.69, 9.17) is 9.47 Å². The Hall–Kier alpha value is -1.75. The van der Waals surface area contributed by atoms with E-state index in [2.05, 4.69) is 23.9 Å². The summed E-state index contributed by atoms with van der Waals surface area (Å²) in [7, 11) is -3.86. The van der Waals surface area contributed by atoms with Gasteiger partial charge in [-0.3, -0.25) is 10.1 Å². The molecule has 0 aromatic heterocycles. The number of benzene rings is 1. The molecule has 1 atom stereocenters. The van der Waals surface area contributed by atoms with E-state index in [0.29, 0.717) is 25.4 Å². The molecule has 1 aliphatic rings. The van der Waals surface area contributed by atoms with Crippen molar-refractivity contribution in [2.45, 2.75) is 70.6 Å². The molecule has 170 valence electrons. The molecule has 1 unspecified atom stereocenters. The summed E-state index contributed by atoms with van der Waals surface area (Å²) in [5.74, 6) is 0. The molecule has 1 aromatic carbocycles. The van der Waals surface area contributed by atoms with E-state index >= 15 is 0 Å². The summed E-state index contributed by atoms with van der Waals surface area (Å²) >= 11 is 0. The molecule has 30 heavy (non-hydrogen) atoms. The first-order valence-electron chi connectivity index (χ1n) is 10.2. The number of rotatable bonds is 10. The van der Waals surface area contributed by atoms with Gasteiger partial charge in [0.1, 0.15) is 5.69 Å². The molecule has 0 bridgehead atoms. The first-order valence-corrected chi connectivity index (χ1v) is 11.7. The molecule has 1 aromatic rings. The molecule has 10 heteroatoms. The standard InChI is InChI=1S/C20H33N3O6S/c1-6-20(5,18-28-12-13-29-18)10-7-11-21-16-9-8-15(14-17(16)23(24)25)30(26,27)22-19(2,3)4/h8-9,14,18,21-22H,6-7,10-13H2,1-5H3. The van der Waals surface area contributed by atoms with Crippen LogP contribution in [-0.2, 0) is 19.5 Å². The fourth-order valence-electron chi connectivity index (χ4n) is 3.38. The molecule has 2 N–H and O–H groups in total. The Morgan fingerprint density at radius 1 is 1.20 bits per heavy atom. The molecule has 0 spiro atoms. The van der Waals surface area contributed by atoms with Crippen LogP contribution in [0.1, 0.15) is 53.9 Å². The zero-order valence-electron chi connectivity index (χ0n) is 18.4. The van der Waals surface area contributed by atoms with Gasteiger partial charge >= 0.3 is 0 Å². The van der Waals surface area contributed by atoms with Crippen LogP contribution in [0.2, 0.25) is 0 Å². The highest BCUT2D eigenvalue weighted by atomic mass is 32.2. The molecule has 9 nitrogen and oxygen atoms in total. The second-order valence-electron chi connectivity index (χ2n) is 8.90.